The summed E-state index contributed by atoms with van der Waals surface area (Å²) < 4.78 is 5.49. The molecule has 1 amide bonds. The van der Waals surface area contributed by atoms with Crippen LogP contribution in [0.1, 0.15) is 51.5 Å². The molecule has 1 N–H and O–H groups in total. The number of nitrogens with one attached hydrogen (secondary N) is 1. The first-order valence-corrected chi connectivity index (χ1v) is 8.79. The van der Waals surface area contributed by atoms with Gasteiger partial charge >= 0.3 is 5.97 Å². The van der Waals surface area contributed by atoms with Crippen molar-refractivity contribution in [3.8, 4) is 0 Å². The van der Waals surface area contributed by atoms with Crippen molar-refractivity contribution in [2.24, 2.45) is 5.92 Å². The molecule has 1 aliphatic heterocycles. The Bertz CT molecular complexity index is 720. The van der Waals surface area contributed by atoms with Crippen molar-refractivity contribution >= 4 is 17.6 Å². The molecule has 1 aromatic rings. The first-order valence-electron chi connectivity index (χ1n) is 8.79. The van der Waals surface area contributed by atoms with Crippen LogP contribution in [0, 0.1) is 16.0 Å². The van der Waals surface area contributed by atoms with Gasteiger partial charge in [-0.2, -0.15) is 0 Å². The van der Waals surface area contributed by atoms with E-state index >= 15 is 0 Å². The molecule has 0 saturated heterocycles. The van der Waals surface area contributed by atoms with E-state index in [0.29, 0.717) is 29.4 Å². The van der Waals surface area contributed by atoms with E-state index in [-0.39, 0.29) is 18.0 Å². The van der Waals surface area contributed by atoms with Crippen LogP contribution >= 0.6 is 0 Å². The SMILES string of the molecule is CCC(CC)COC(=O)C1=C(C)NC(=O)C[C@H]1c1ccc([N+](=O)[O-])cc1. The third-order valence-corrected chi connectivity index (χ3v) is 4.80. The second-order valence-corrected chi connectivity index (χ2v) is 6.47. The maximum atomic E-state index is 12.7. The van der Waals surface area contributed by atoms with Crippen LogP contribution in [0.3, 0.4) is 0 Å². The second-order valence-electron chi connectivity index (χ2n) is 6.47. The summed E-state index contributed by atoms with van der Waals surface area (Å²) in [6, 6.07) is 5.93. The van der Waals surface area contributed by atoms with Crippen molar-refractivity contribution in [1.82, 2.24) is 5.32 Å². The Morgan fingerprint density at radius 1 is 1.31 bits per heavy atom. The number of hydrogen-bond acceptors (Lipinski definition) is 5. The van der Waals surface area contributed by atoms with Gasteiger partial charge in [0.15, 0.2) is 0 Å². The van der Waals surface area contributed by atoms with Gasteiger partial charge in [-0.05, 0) is 18.4 Å². The van der Waals surface area contributed by atoms with E-state index in [9.17, 15) is 19.7 Å². The summed E-state index contributed by atoms with van der Waals surface area (Å²) >= 11 is 0. The van der Waals surface area contributed by atoms with Gasteiger partial charge in [-0.1, -0.05) is 38.8 Å². The van der Waals surface area contributed by atoms with Gasteiger partial charge in [-0.3, -0.25) is 14.9 Å². The molecule has 2 rings (SSSR count). The van der Waals surface area contributed by atoms with Gasteiger partial charge in [0.05, 0.1) is 17.1 Å². The first kappa shape index (κ1) is 19.6. The lowest BCUT2D eigenvalue weighted by Gasteiger charge is -2.27. The zero-order valence-electron chi connectivity index (χ0n) is 15.3. The molecule has 140 valence electrons. The van der Waals surface area contributed by atoms with Crippen LogP contribution in [0.15, 0.2) is 35.5 Å². The molecule has 0 saturated carbocycles. The van der Waals surface area contributed by atoms with E-state index in [0.717, 1.165) is 12.8 Å². The highest BCUT2D eigenvalue weighted by atomic mass is 16.6. The van der Waals surface area contributed by atoms with Crippen LogP contribution in [-0.2, 0) is 14.3 Å². The molecule has 0 bridgehead atoms. The first-order chi connectivity index (χ1) is 12.4. The van der Waals surface area contributed by atoms with Gasteiger partial charge < -0.3 is 10.1 Å². The average Bonchev–Trinajstić information content (AvgIpc) is 2.61. The monoisotopic (exact) mass is 360 g/mol. The summed E-state index contributed by atoms with van der Waals surface area (Å²) in [5, 5.41) is 13.5. The van der Waals surface area contributed by atoms with Crippen LogP contribution in [0.2, 0.25) is 0 Å². The van der Waals surface area contributed by atoms with Gasteiger partial charge in [-0.15, -0.1) is 0 Å². The van der Waals surface area contributed by atoms with Gasteiger partial charge in [0.1, 0.15) is 0 Å². The summed E-state index contributed by atoms with van der Waals surface area (Å²) in [7, 11) is 0. The van der Waals surface area contributed by atoms with Gasteiger partial charge in [-0.25, -0.2) is 4.79 Å². The third-order valence-electron chi connectivity index (χ3n) is 4.80. The van der Waals surface area contributed by atoms with Gasteiger partial charge in [0.2, 0.25) is 5.91 Å². The quantitative estimate of drug-likeness (QED) is 0.456. The summed E-state index contributed by atoms with van der Waals surface area (Å²) in [6.07, 6.45) is 1.94. The molecule has 26 heavy (non-hydrogen) atoms. The number of non-ortho nitro benzene ring substituents is 1. The van der Waals surface area contributed by atoms with E-state index < -0.39 is 16.8 Å². The van der Waals surface area contributed by atoms with Crippen molar-refractivity contribution in [2.75, 3.05) is 6.61 Å². The summed E-state index contributed by atoms with van der Waals surface area (Å²) in [5.41, 5.74) is 1.52. The molecule has 7 nitrogen and oxygen atoms in total. The highest BCUT2D eigenvalue weighted by molar-refractivity contribution is 5.95. The maximum absolute atomic E-state index is 12.7. The molecule has 0 spiro atoms. The summed E-state index contributed by atoms with van der Waals surface area (Å²) in [4.78, 5) is 35.0. The minimum atomic E-state index is -0.483. The Labute approximate surface area is 152 Å². The molecular weight excluding hydrogens is 336 g/mol. The van der Waals surface area contributed by atoms with Crippen LogP contribution in [0.4, 0.5) is 5.69 Å². The molecule has 1 atom stereocenters. The standard InChI is InChI=1S/C19H24N2O5/c1-4-13(5-2)11-26-19(23)18-12(3)20-17(22)10-16(18)14-6-8-15(9-7-14)21(24)25/h6-9,13,16H,4-5,10-11H2,1-3H3,(H,20,22)/t16-/m0/s1. The summed E-state index contributed by atoms with van der Waals surface area (Å²) in [5.74, 6) is -0.810. The number of esters is 1. The van der Waals surface area contributed by atoms with E-state index in [2.05, 4.69) is 5.32 Å². The molecule has 0 unspecified atom stereocenters. The maximum Gasteiger partial charge on any atom is 0.336 e. The average molecular weight is 360 g/mol. The summed E-state index contributed by atoms with van der Waals surface area (Å²) in [6.45, 7) is 6.10. The normalized spacial score (nSPS) is 17.2. The lowest BCUT2D eigenvalue weighted by atomic mass is 9.84. The smallest absolute Gasteiger partial charge is 0.336 e. The fourth-order valence-electron chi connectivity index (χ4n) is 3.08. The zero-order chi connectivity index (χ0) is 19.3. The van der Waals surface area contributed by atoms with E-state index in [1.807, 2.05) is 13.8 Å². The van der Waals surface area contributed by atoms with Crippen molar-refractivity contribution in [2.45, 2.75) is 46.0 Å². The van der Waals surface area contributed by atoms with Crippen LogP contribution < -0.4 is 5.32 Å². The molecule has 1 heterocycles. The zero-order valence-corrected chi connectivity index (χ0v) is 15.3. The molecular formula is C19H24N2O5. The number of amides is 1. The number of carbonyl (C=O) groups is 2. The lowest BCUT2D eigenvalue weighted by Crippen LogP contribution is -2.34. The Morgan fingerprint density at radius 2 is 1.92 bits per heavy atom. The molecule has 1 aliphatic rings. The molecule has 7 heteroatoms. The van der Waals surface area contributed by atoms with Crippen molar-refractivity contribution in [1.29, 1.82) is 0 Å². The van der Waals surface area contributed by atoms with E-state index in [1.54, 1.807) is 19.1 Å². The number of nitro groups is 1. The molecule has 0 radical (unpaired) electrons. The highest BCUT2D eigenvalue weighted by Gasteiger charge is 2.33. The van der Waals surface area contributed by atoms with Gasteiger partial charge in [0, 0.05) is 30.2 Å². The van der Waals surface area contributed by atoms with Crippen molar-refractivity contribution in [3.63, 3.8) is 0 Å². The fourth-order valence-corrected chi connectivity index (χ4v) is 3.08. The number of nitrogens with zero attached hydrogens (tertiary/aromatic N) is 1. The number of rotatable bonds is 7. The Balaban J connectivity index is 2.27. The second kappa shape index (κ2) is 8.60. The molecule has 0 aliphatic carbocycles. The fraction of sp³-hybridized carbons (Fsp3) is 0.474. The van der Waals surface area contributed by atoms with Crippen LogP contribution in [-0.4, -0.2) is 23.4 Å². The highest BCUT2D eigenvalue weighted by Crippen LogP contribution is 2.34. The number of hydrogen-bond donors (Lipinski definition) is 1. The van der Waals surface area contributed by atoms with Crippen LogP contribution in [0.25, 0.3) is 0 Å². The number of ether oxygens (including phenoxy) is 1. The Morgan fingerprint density at radius 3 is 2.46 bits per heavy atom. The Hall–Kier alpha value is -2.70. The van der Waals surface area contributed by atoms with Crippen LogP contribution in [0.5, 0.6) is 0 Å². The predicted molar refractivity (Wildman–Crippen MR) is 96.3 cm³/mol. The van der Waals surface area contributed by atoms with E-state index in [4.69, 9.17) is 4.74 Å². The molecule has 1 aromatic carbocycles. The topological polar surface area (TPSA) is 98.5 Å². The van der Waals surface area contributed by atoms with Crippen molar-refractivity contribution < 1.29 is 19.2 Å². The minimum absolute atomic E-state index is 0.0347. The van der Waals surface area contributed by atoms with E-state index in [1.165, 1.54) is 12.1 Å². The Kier molecular flexibility index (Phi) is 6.49. The third kappa shape index (κ3) is 4.47. The molecule has 0 aromatic heterocycles. The number of carbonyl (C=O) groups excluding carboxylic acids is 2. The largest absolute Gasteiger partial charge is 0.462 e. The number of nitro benzene ring substituents is 1. The number of allylic oxidation sites excluding steroid dienone is 1. The number of benzene rings is 1. The minimum Gasteiger partial charge on any atom is -0.462 e. The lowest BCUT2D eigenvalue weighted by molar-refractivity contribution is -0.384. The predicted octanol–water partition coefficient (Wildman–Crippen LogP) is 3.45. The van der Waals surface area contributed by atoms with Crippen molar-refractivity contribution in [3.05, 3.63) is 51.2 Å². The molecule has 0 fully saturated rings. The van der Waals surface area contributed by atoms with Gasteiger partial charge in [0.25, 0.3) is 5.69 Å².